The van der Waals surface area contributed by atoms with E-state index in [4.69, 9.17) is 20.8 Å². The van der Waals surface area contributed by atoms with Crippen LogP contribution in [0.1, 0.15) is 11.3 Å². The molecule has 1 N–H and O–H groups in total. The molecule has 0 radical (unpaired) electrons. The van der Waals surface area contributed by atoms with Gasteiger partial charge < -0.3 is 24.3 Å². The molecule has 0 aliphatic rings. The number of methoxy groups -OCH3 is 1. The van der Waals surface area contributed by atoms with E-state index in [1.54, 1.807) is 48.6 Å². The largest absolute Gasteiger partial charge is 0.467 e. The molecule has 7 nitrogen and oxygen atoms in total. The molecule has 0 fully saturated rings. The molecule has 0 spiro atoms. The maximum Gasteiger partial charge on any atom is 0.322 e. The molecule has 0 saturated heterocycles. The van der Waals surface area contributed by atoms with Gasteiger partial charge in [0.2, 0.25) is 5.91 Å². The van der Waals surface area contributed by atoms with Gasteiger partial charge in [-0.1, -0.05) is 41.9 Å². The van der Waals surface area contributed by atoms with Crippen molar-refractivity contribution in [2.24, 2.45) is 0 Å². The van der Waals surface area contributed by atoms with E-state index in [9.17, 15) is 9.59 Å². The van der Waals surface area contributed by atoms with Crippen molar-refractivity contribution in [1.29, 1.82) is 0 Å². The molecule has 3 amide bonds. The van der Waals surface area contributed by atoms with Crippen LogP contribution in [-0.2, 0) is 22.6 Å². The zero-order valence-corrected chi connectivity index (χ0v) is 18.6. The van der Waals surface area contributed by atoms with Crippen LogP contribution in [0.25, 0.3) is 0 Å². The van der Waals surface area contributed by atoms with Gasteiger partial charge in [-0.05, 0) is 42.0 Å². The number of urea groups is 1. The lowest BCUT2D eigenvalue weighted by atomic mass is 10.2. The normalized spacial score (nSPS) is 10.6. The highest BCUT2D eigenvalue weighted by Crippen LogP contribution is 2.15. The molecule has 168 valence electrons. The molecule has 0 aliphatic heterocycles. The molecule has 1 heterocycles. The minimum atomic E-state index is -0.393. The average molecular weight is 456 g/mol. The number of hydrogen-bond donors (Lipinski definition) is 1. The number of nitrogens with one attached hydrogen (secondary N) is 1. The molecule has 8 heteroatoms. The first-order valence-corrected chi connectivity index (χ1v) is 10.6. The van der Waals surface area contributed by atoms with Crippen molar-refractivity contribution in [2.45, 2.75) is 13.1 Å². The summed E-state index contributed by atoms with van der Waals surface area (Å²) in [4.78, 5) is 29.2. The molecular weight excluding hydrogens is 430 g/mol. The van der Waals surface area contributed by atoms with Crippen LogP contribution in [0.2, 0.25) is 5.02 Å². The molecule has 3 rings (SSSR count). The Hall–Kier alpha value is -3.29. The fourth-order valence-corrected chi connectivity index (χ4v) is 3.21. The summed E-state index contributed by atoms with van der Waals surface area (Å²) in [5.74, 6) is 0.468. The highest BCUT2D eigenvalue weighted by molar-refractivity contribution is 6.30. The van der Waals surface area contributed by atoms with Gasteiger partial charge in [-0.15, -0.1) is 0 Å². The topological polar surface area (TPSA) is 75.0 Å². The van der Waals surface area contributed by atoms with Crippen LogP contribution in [0.15, 0.2) is 77.4 Å². The number of nitrogens with zero attached hydrogens (tertiary/aromatic N) is 2. The highest BCUT2D eigenvalue weighted by atomic mass is 35.5. The first kappa shape index (κ1) is 23.4. The minimum absolute atomic E-state index is 0.101. The van der Waals surface area contributed by atoms with Gasteiger partial charge in [-0.2, -0.15) is 0 Å². The second-order valence-electron chi connectivity index (χ2n) is 7.17. The molecule has 0 atom stereocenters. The van der Waals surface area contributed by atoms with E-state index in [-0.39, 0.29) is 19.0 Å². The fraction of sp³-hybridized carbons (Fsp3) is 0.250. The summed E-state index contributed by atoms with van der Waals surface area (Å²) in [5, 5.41) is 3.37. The molecule has 0 saturated carbocycles. The molecular formula is C24H26ClN3O4. The van der Waals surface area contributed by atoms with Crippen molar-refractivity contribution in [2.75, 3.05) is 32.1 Å². The fourth-order valence-electron chi connectivity index (χ4n) is 3.08. The van der Waals surface area contributed by atoms with E-state index in [2.05, 4.69) is 5.32 Å². The number of ether oxygens (including phenoxy) is 1. The van der Waals surface area contributed by atoms with Gasteiger partial charge in [0, 0.05) is 30.9 Å². The third kappa shape index (κ3) is 7.14. The van der Waals surface area contributed by atoms with Crippen molar-refractivity contribution >= 4 is 29.2 Å². The van der Waals surface area contributed by atoms with Crippen molar-refractivity contribution < 1.29 is 18.7 Å². The number of furan rings is 1. The van der Waals surface area contributed by atoms with E-state index in [1.807, 2.05) is 36.4 Å². The Morgan fingerprint density at radius 1 is 0.969 bits per heavy atom. The van der Waals surface area contributed by atoms with Gasteiger partial charge >= 0.3 is 6.03 Å². The van der Waals surface area contributed by atoms with E-state index in [1.165, 1.54) is 4.90 Å². The van der Waals surface area contributed by atoms with E-state index >= 15 is 0 Å². The van der Waals surface area contributed by atoms with Crippen molar-refractivity contribution in [3.8, 4) is 0 Å². The molecule has 0 bridgehead atoms. The SMILES string of the molecule is COCCN(CC(=O)N(Cc1ccccc1)Cc1ccco1)C(=O)Nc1ccc(Cl)cc1. The van der Waals surface area contributed by atoms with Gasteiger partial charge in [-0.25, -0.2) is 4.79 Å². The number of rotatable bonds is 10. The van der Waals surface area contributed by atoms with Crippen LogP contribution in [0.3, 0.4) is 0 Å². The lowest BCUT2D eigenvalue weighted by molar-refractivity contribution is -0.133. The summed E-state index contributed by atoms with van der Waals surface area (Å²) < 4.78 is 10.6. The van der Waals surface area contributed by atoms with Crippen LogP contribution >= 0.6 is 11.6 Å². The Balaban J connectivity index is 1.72. The molecule has 0 aliphatic carbocycles. The quantitative estimate of drug-likeness (QED) is 0.483. The molecule has 1 aromatic heterocycles. The highest BCUT2D eigenvalue weighted by Gasteiger charge is 2.22. The van der Waals surface area contributed by atoms with Crippen LogP contribution in [0.5, 0.6) is 0 Å². The summed E-state index contributed by atoms with van der Waals surface area (Å²) in [6.07, 6.45) is 1.57. The van der Waals surface area contributed by atoms with Gasteiger partial charge in [-0.3, -0.25) is 4.79 Å². The number of benzene rings is 2. The zero-order valence-electron chi connectivity index (χ0n) is 17.9. The maximum absolute atomic E-state index is 13.3. The molecule has 0 unspecified atom stereocenters. The van der Waals surface area contributed by atoms with Gasteiger partial charge in [0.05, 0.1) is 19.4 Å². The lowest BCUT2D eigenvalue weighted by Gasteiger charge is -2.27. The maximum atomic E-state index is 13.3. The van der Waals surface area contributed by atoms with Gasteiger partial charge in [0.1, 0.15) is 12.3 Å². The number of halogens is 1. The number of amides is 3. The Labute approximate surface area is 192 Å². The Kier molecular flexibility index (Phi) is 8.71. The number of hydrogen-bond acceptors (Lipinski definition) is 4. The number of carbonyl (C=O) groups excluding carboxylic acids is 2. The number of carbonyl (C=O) groups is 2. The molecule has 32 heavy (non-hydrogen) atoms. The van der Waals surface area contributed by atoms with Crippen molar-refractivity contribution in [3.05, 3.63) is 89.3 Å². The van der Waals surface area contributed by atoms with Crippen LogP contribution < -0.4 is 5.32 Å². The Bertz CT molecular complexity index is 978. The Morgan fingerprint density at radius 2 is 1.72 bits per heavy atom. The van der Waals surface area contributed by atoms with Gasteiger partial charge in [0.15, 0.2) is 0 Å². The Morgan fingerprint density at radius 3 is 2.38 bits per heavy atom. The minimum Gasteiger partial charge on any atom is -0.467 e. The first-order chi connectivity index (χ1) is 15.5. The lowest BCUT2D eigenvalue weighted by Crippen LogP contribution is -2.45. The number of anilines is 1. The molecule has 2 aromatic carbocycles. The standard InChI is InChI=1S/C24H26ClN3O4/c1-31-15-13-27(24(30)26-21-11-9-20(25)10-12-21)18-23(29)28(17-22-8-5-14-32-22)16-19-6-3-2-4-7-19/h2-12,14H,13,15-18H2,1H3,(H,26,30). The molecule has 3 aromatic rings. The zero-order chi connectivity index (χ0) is 22.8. The van der Waals surface area contributed by atoms with E-state index in [0.717, 1.165) is 5.56 Å². The van der Waals surface area contributed by atoms with Crippen LogP contribution in [0, 0.1) is 0 Å². The summed E-state index contributed by atoms with van der Waals surface area (Å²) in [5.41, 5.74) is 1.58. The first-order valence-electron chi connectivity index (χ1n) is 10.2. The predicted molar refractivity (Wildman–Crippen MR) is 123 cm³/mol. The monoisotopic (exact) mass is 455 g/mol. The smallest absolute Gasteiger partial charge is 0.322 e. The van der Waals surface area contributed by atoms with E-state index < -0.39 is 6.03 Å². The second-order valence-corrected chi connectivity index (χ2v) is 7.60. The average Bonchev–Trinajstić information content (AvgIpc) is 3.31. The van der Waals surface area contributed by atoms with Crippen molar-refractivity contribution in [1.82, 2.24) is 9.80 Å². The third-order valence-electron chi connectivity index (χ3n) is 4.77. The van der Waals surface area contributed by atoms with Crippen molar-refractivity contribution in [3.63, 3.8) is 0 Å². The van der Waals surface area contributed by atoms with Crippen LogP contribution in [-0.4, -0.2) is 48.5 Å². The summed E-state index contributed by atoms with van der Waals surface area (Å²) >= 11 is 5.91. The summed E-state index contributed by atoms with van der Waals surface area (Å²) in [7, 11) is 1.55. The second kappa shape index (κ2) is 11.9. The van der Waals surface area contributed by atoms with E-state index in [0.29, 0.717) is 36.2 Å². The predicted octanol–water partition coefficient (Wildman–Crippen LogP) is 4.64. The summed E-state index contributed by atoms with van der Waals surface area (Å²) in [6.45, 7) is 1.17. The van der Waals surface area contributed by atoms with Crippen LogP contribution in [0.4, 0.5) is 10.5 Å². The summed E-state index contributed by atoms with van der Waals surface area (Å²) in [6, 6.07) is 19.7. The third-order valence-corrected chi connectivity index (χ3v) is 5.02. The van der Waals surface area contributed by atoms with Gasteiger partial charge in [0.25, 0.3) is 0 Å².